The fourth-order valence-electron chi connectivity index (χ4n) is 3.28. The molecule has 0 unspecified atom stereocenters. The van der Waals surface area contributed by atoms with E-state index in [2.05, 4.69) is 0 Å². The van der Waals surface area contributed by atoms with Crippen molar-refractivity contribution in [3.63, 3.8) is 0 Å². The zero-order valence-electron chi connectivity index (χ0n) is 16.4. The maximum Gasteiger partial charge on any atom is 0.344 e. The van der Waals surface area contributed by atoms with Crippen LogP contribution < -0.4 is 4.74 Å². The Balaban J connectivity index is 2.16. The summed E-state index contributed by atoms with van der Waals surface area (Å²) in [4.78, 5) is 39.8. The maximum atomic E-state index is 12.9. The molecule has 0 aliphatic carbocycles. The molecule has 0 bridgehead atoms. The Bertz CT molecular complexity index is 901. The third-order valence-corrected chi connectivity index (χ3v) is 4.72. The molecule has 2 aromatic rings. The van der Waals surface area contributed by atoms with Gasteiger partial charge in [0.15, 0.2) is 17.2 Å². The summed E-state index contributed by atoms with van der Waals surface area (Å²) >= 11 is 0. The number of benzene rings is 1. The first-order chi connectivity index (χ1) is 13.5. The number of fused-ring (bicyclic) bond motifs is 1. The van der Waals surface area contributed by atoms with Crippen molar-refractivity contribution in [2.75, 3.05) is 20.2 Å². The van der Waals surface area contributed by atoms with Gasteiger partial charge >= 0.3 is 5.97 Å². The summed E-state index contributed by atoms with van der Waals surface area (Å²) in [5.74, 6) is -1.04. The average Bonchev–Trinajstić information content (AvgIpc) is 3.04. The predicted octanol–water partition coefficient (Wildman–Crippen LogP) is 2.92. The van der Waals surface area contributed by atoms with Crippen LogP contribution in [0.5, 0.6) is 5.75 Å². The Morgan fingerprint density at radius 2 is 1.82 bits per heavy atom. The van der Waals surface area contributed by atoms with E-state index in [1.54, 1.807) is 30.4 Å². The standard InChI is InChI=1S/C21H24N2O5/c1-4-15(24)17-16(21(26)27-5-2)19(28-13-14-9-7-6-8-10-14)18-20(25)22(3)11-12-23(17)18/h6-10H,4-5,11-13H2,1-3H3. The minimum absolute atomic E-state index is 0.0447. The first-order valence-corrected chi connectivity index (χ1v) is 9.38. The number of aromatic nitrogens is 1. The molecule has 0 N–H and O–H groups in total. The van der Waals surface area contributed by atoms with Crippen molar-refractivity contribution >= 4 is 17.7 Å². The second-order valence-electron chi connectivity index (χ2n) is 6.55. The van der Waals surface area contributed by atoms with Crippen molar-refractivity contribution < 1.29 is 23.9 Å². The molecule has 0 fully saturated rings. The molecule has 0 radical (unpaired) electrons. The van der Waals surface area contributed by atoms with Crippen LogP contribution in [0.4, 0.5) is 0 Å². The third kappa shape index (κ3) is 3.52. The molecule has 7 heteroatoms. The van der Waals surface area contributed by atoms with E-state index in [4.69, 9.17) is 9.47 Å². The monoisotopic (exact) mass is 384 g/mol. The van der Waals surface area contributed by atoms with Gasteiger partial charge in [-0.25, -0.2) is 4.79 Å². The Kier molecular flexibility index (Phi) is 5.82. The van der Waals surface area contributed by atoms with Crippen LogP contribution in [0.25, 0.3) is 0 Å². The summed E-state index contributed by atoms with van der Waals surface area (Å²) in [5.41, 5.74) is 1.35. The molecule has 28 heavy (non-hydrogen) atoms. The number of rotatable bonds is 7. The SMILES string of the molecule is CCOC(=O)c1c(OCc2ccccc2)c2n(c1C(=O)CC)CCN(C)C2=O. The molecule has 148 valence electrons. The average molecular weight is 384 g/mol. The van der Waals surface area contributed by atoms with Crippen LogP contribution in [0, 0.1) is 0 Å². The van der Waals surface area contributed by atoms with Crippen molar-refractivity contribution in [3.05, 3.63) is 52.8 Å². The Hall–Kier alpha value is -3.09. The largest absolute Gasteiger partial charge is 0.485 e. The highest BCUT2D eigenvalue weighted by Gasteiger charge is 2.38. The van der Waals surface area contributed by atoms with Gasteiger partial charge in [0.05, 0.1) is 6.61 Å². The van der Waals surface area contributed by atoms with E-state index < -0.39 is 5.97 Å². The maximum absolute atomic E-state index is 12.9. The number of nitrogens with zero attached hydrogens (tertiary/aromatic N) is 2. The number of Topliss-reactive ketones (excluding diaryl/α,β-unsaturated/α-hetero) is 1. The molecule has 0 atom stereocenters. The minimum Gasteiger partial charge on any atom is -0.485 e. The van der Waals surface area contributed by atoms with Crippen LogP contribution in [0.2, 0.25) is 0 Å². The highest BCUT2D eigenvalue weighted by molar-refractivity contribution is 6.11. The van der Waals surface area contributed by atoms with E-state index in [-0.39, 0.29) is 54.0 Å². The number of carbonyl (C=O) groups excluding carboxylic acids is 3. The molecule has 2 heterocycles. The number of hydrogen-bond donors (Lipinski definition) is 0. The molecule has 1 aliphatic heterocycles. The molecule has 0 spiro atoms. The molecule has 1 aromatic heterocycles. The first-order valence-electron chi connectivity index (χ1n) is 9.38. The summed E-state index contributed by atoms with van der Waals surface area (Å²) < 4.78 is 12.8. The Morgan fingerprint density at radius 3 is 2.46 bits per heavy atom. The summed E-state index contributed by atoms with van der Waals surface area (Å²) in [7, 11) is 1.69. The lowest BCUT2D eigenvalue weighted by atomic mass is 10.1. The fraction of sp³-hybridized carbons (Fsp3) is 0.381. The lowest BCUT2D eigenvalue weighted by molar-refractivity contribution is 0.0518. The van der Waals surface area contributed by atoms with Gasteiger partial charge in [-0.15, -0.1) is 0 Å². The number of carbonyl (C=O) groups is 3. The van der Waals surface area contributed by atoms with E-state index >= 15 is 0 Å². The van der Waals surface area contributed by atoms with Gasteiger partial charge in [-0.05, 0) is 12.5 Å². The van der Waals surface area contributed by atoms with Crippen molar-refractivity contribution in [3.8, 4) is 5.75 Å². The zero-order valence-corrected chi connectivity index (χ0v) is 16.4. The van der Waals surface area contributed by atoms with Gasteiger partial charge in [-0.1, -0.05) is 37.3 Å². The smallest absolute Gasteiger partial charge is 0.344 e. The molecule has 0 saturated carbocycles. The van der Waals surface area contributed by atoms with Gasteiger partial charge in [0.2, 0.25) is 0 Å². The van der Waals surface area contributed by atoms with Gasteiger partial charge in [0, 0.05) is 26.6 Å². The van der Waals surface area contributed by atoms with E-state index in [1.807, 2.05) is 30.3 Å². The number of amides is 1. The van der Waals surface area contributed by atoms with Gasteiger partial charge in [-0.2, -0.15) is 0 Å². The van der Waals surface area contributed by atoms with Crippen molar-refractivity contribution in [1.82, 2.24) is 9.47 Å². The molecule has 1 aliphatic rings. The van der Waals surface area contributed by atoms with Crippen LogP contribution in [0.3, 0.4) is 0 Å². The van der Waals surface area contributed by atoms with Gasteiger partial charge in [0.25, 0.3) is 5.91 Å². The van der Waals surface area contributed by atoms with Gasteiger partial charge in [0.1, 0.15) is 17.9 Å². The predicted molar refractivity (Wildman–Crippen MR) is 103 cm³/mol. The van der Waals surface area contributed by atoms with Crippen molar-refractivity contribution in [1.29, 1.82) is 0 Å². The van der Waals surface area contributed by atoms with E-state index in [0.29, 0.717) is 13.1 Å². The Labute approximate surface area is 163 Å². The fourth-order valence-corrected chi connectivity index (χ4v) is 3.28. The molecule has 3 rings (SSSR count). The molecule has 0 saturated heterocycles. The molecular formula is C21H24N2O5. The summed E-state index contributed by atoms with van der Waals surface area (Å²) in [6, 6.07) is 9.43. The van der Waals surface area contributed by atoms with Crippen LogP contribution in [-0.4, -0.2) is 47.3 Å². The van der Waals surface area contributed by atoms with Crippen LogP contribution in [-0.2, 0) is 17.9 Å². The van der Waals surface area contributed by atoms with Crippen molar-refractivity contribution in [2.45, 2.75) is 33.4 Å². The molecular weight excluding hydrogens is 360 g/mol. The van der Waals surface area contributed by atoms with E-state index in [0.717, 1.165) is 5.56 Å². The third-order valence-electron chi connectivity index (χ3n) is 4.72. The number of hydrogen-bond acceptors (Lipinski definition) is 5. The lowest BCUT2D eigenvalue weighted by Gasteiger charge is -2.26. The Morgan fingerprint density at radius 1 is 1.11 bits per heavy atom. The zero-order chi connectivity index (χ0) is 20.3. The highest BCUT2D eigenvalue weighted by Crippen LogP contribution is 2.36. The second-order valence-corrected chi connectivity index (χ2v) is 6.55. The van der Waals surface area contributed by atoms with Crippen LogP contribution in [0.1, 0.15) is 57.2 Å². The molecule has 7 nitrogen and oxygen atoms in total. The summed E-state index contributed by atoms with van der Waals surface area (Å²) in [5, 5.41) is 0. The topological polar surface area (TPSA) is 77.8 Å². The quantitative estimate of drug-likeness (QED) is 0.542. The van der Waals surface area contributed by atoms with Gasteiger partial charge in [-0.3, -0.25) is 9.59 Å². The first kappa shape index (κ1) is 19.7. The highest BCUT2D eigenvalue weighted by atomic mass is 16.5. The van der Waals surface area contributed by atoms with Gasteiger partial charge < -0.3 is 18.9 Å². The summed E-state index contributed by atoms with van der Waals surface area (Å²) in [6.07, 6.45) is 0.206. The van der Waals surface area contributed by atoms with E-state index in [9.17, 15) is 14.4 Å². The number of ketones is 1. The minimum atomic E-state index is -0.653. The normalized spacial score (nSPS) is 13.2. The number of ether oxygens (including phenoxy) is 2. The summed E-state index contributed by atoms with van der Waals surface area (Å²) in [6.45, 7) is 4.61. The van der Waals surface area contributed by atoms with E-state index in [1.165, 1.54) is 0 Å². The molecule has 1 aromatic carbocycles. The molecule has 1 amide bonds. The second kappa shape index (κ2) is 8.29. The van der Waals surface area contributed by atoms with Crippen LogP contribution >= 0.6 is 0 Å². The number of esters is 1. The van der Waals surface area contributed by atoms with Crippen LogP contribution in [0.15, 0.2) is 30.3 Å². The lowest BCUT2D eigenvalue weighted by Crippen LogP contribution is -2.38. The van der Waals surface area contributed by atoms with Crippen molar-refractivity contribution in [2.24, 2.45) is 0 Å². The number of likely N-dealkylation sites (N-methyl/N-ethyl adjacent to an activating group) is 1.